The van der Waals surface area contributed by atoms with Crippen LogP contribution in [0.1, 0.15) is 26.2 Å². The smallest absolute Gasteiger partial charge is 0.146 e. The Morgan fingerprint density at radius 1 is 1.33 bits per heavy atom. The first-order valence-electron chi connectivity index (χ1n) is 6.93. The van der Waals surface area contributed by atoms with Crippen LogP contribution in [0.3, 0.4) is 0 Å². The van der Waals surface area contributed by atoms with Gasteiger partial charge >= 0.3 is 0 Å². The van der Waals surface area contributed by atoms with Gasteiger partial charge < -0.3 is 10.2 Å². The number of benzene rings is 1. The normalized spacial score (nSPS) is 23.3. The molecule has 1 saturated carbocycles. The molecule has 0 bridgehead atoms. The third kappa shape index (κ3) is 2.83. The summed E-state index contributed by atoms with van der Waals surface area (Å²) in [4.78, 5) is 2.16. The van der Waals surface area contributed by atoms with Crippen molar-refractivity contribution in [3.8, 4) is 0 Å². The number of rotatable bonds is 5. The number of nitrogens with zero attached hydrogens (tertiary/aromatic N) is 1. The first-order chi connectivity index (χ1) is 8.76. The van der Waals surface area contributed by atoms with E-state index < -0.39 is 0 Å². The zero-order valence-electron chi connectivity index (χ0n) is 11.3. The Balaban J connectivity index is 2.08. The van der Waals surface area contributed by atoms with Crippen LogP contribution in [0.4, 0.5) is 10.1 Å². The van der Waals surface area contributed by atoms with Crippen LogP contribution in [0.25, 0.3) is 0 Å². The molecule has 2 unspecified atom stereocenters. The molecule has 2 nitrogen and oxygen atoms in total. The molecule has 0 aromatic heterocycles. The summed E-state index contributed by atoms with van der Waals surface area (Å²) in [5.41, 5.74) is 0.738. The highest BCUT2D eigenvalue weighted by atomic mass is 19.1. The van der Waals surface area contributed by atoms with Crippen LogP contribution in [-0.4, -0.2) is 26.2 Å². The van der Waals surface area contributed by atoms with Crippen LogP contribution in [0, 0.1) is 11.7 Å². The van der Waals surface area contributed by atoms with Gasteiger partial charge in [0.15, 0.2) is 0 Å². The summed E-state index contributed by atoms with van der Waals surface area (Å²) in [5, 5.41) is 3.39. The summed E-state index contributed by atoms with van der Waals surface area (Å²) in [6.07, 6.45) is 3.78. The Bertz CT molecular complexity index is 381. The number of nitrogens with one attached hydrogen (secondary N) is 1. The van der Waals surface area contributed by atoms with Crippen LogP contribution in [0.15, 0.2) is 24.3 Å². The maximum Gasteiger partial charge on any atom is 0.146 e. The van der Waals surface area contributed by atoms with Crippen molar-refractivity contribution in [3.63, 3.8) is 0 Å². The molecule has 0 saturated heterocycles. The van der Waals surface area contributed by atoms with E-state index in [-0.39, 0.29) is 5.82 Å². The van der Waals surface area contributed by atoms with Crippen LogP contribution < -0.4 is 10.2 Å². The highest BCUT2D eigenvalue weighted by Crippen LogP contribution is 2.28. The molecule has 2 atom stereocenters. The first-order valence-corrected chi connectivity index (χ1v) is 6.93. The predicted octanol–water partition coefficient (Wildman–Crippen LogP) is 3.04. The van der Waals surface area contributed by atoms with Crippen molar-refractivity contribution in [2.75, 3.05) is 25.0 Å². The van der Waals surface area contributed by atoms with Crippen LogP contribution >= 0.6 is 0 Å². The van der Waals surface area contributed by atoms with Crippen molar-refractivity contribution in [3.05, 3.63) is 30.1 Å². The maximum atomic E-state index is 13.8. The summed E-state index contributed by atoms with van der Waals surface area (Å²) >= 11 is 0. The Kier molecular flexibility index (Phi) is 4.59. The van der Waals surface area contributed by atoms with Gasteiger partial charge in [-0.15, -0.1) is 0 Å². The fourth-order valence-electron chi connectivity index (χ4n) is 3.02. The van der Waals surface area contributed by atoms with Gasteiger partial charge in [0.05, 0.1) is 5.69 Å². The SMILES string of the molecule is CCN(CC1CCCC1NC)c1ccccc1F. The minimum Gasteiger partial charge on any atom is -0.369 e. The number of hydrogen-bond donors (Lipinski definition) is 1. The monoisotopic (exact) mass is 250 g/mol. The van der Waals surface area contributed by atoms with Gasteiger partial charge in [-0.2, -0.15) is 0 Å². The highest BCUT2D eigenvalue weighted by molar-refractivity contribution is 5.47. The molecular formula is C15H23FN2. The van der Waals surface area contributed by atoms with Gasteiger partial charge in [-0.25, -0.2) is 4.39 Å². The van der Waals surface area contributed by atoms with Crippen LogP contribution in [0.2, 0.25) is 0 Å². The molecule has 0 amide bonds. The quantitative estimate of drug-likeness (QED) is 0.864. The maximum absolute atomic E-state index is 13.8. The lowest BCUT2D eigenvalue weighted by Crippen LogP contribution is -2.38. The molecule has 3 heteroatoms. The molecule has 1 aromatic rings. The molecule has 1 fully saturated rings. The Morgan fingerprint density at radius 2 is 2.11 bits per heavy atom. The topological polar surface area (TPSA) is 15.3 Å². The summed E-state index contributed by atoms with van der Waals surface area (Å²) in [6, 6.07) is 7.67. The minimum atomic E-state index is -0.113. The molecule has 1 N–H and O–H groups in total. The minimum absolute atomic E-state index is 0.113. The van der Waals surface area contributed by atoms with E-state index in [1.54, 1.807) is 12.1 Å². The van der Waals surface area contributed by atoms with Gasteiger partial charge in [-0.05, 0) is 44.9 Å². The van der Waals surface area contributed by atoms with Crippen molar-refractivity contribution >= 4 is 5.69 Å². The molecule has 0 aliphatic heterocycles. The van der Waals surface area contributed by atoms with E-state index in [2.05, 4.69) is 17.1 Å². The zero-order chi connectivity index (χ0) is 13.0. The van der Waals surface area contributed by atoms with Crippen molar-refractivity contribution < 1.29 is 4.39 Å². The summed E-state index contributed by atoms with van der Waals surface area (Å²) in [6.45, 7) is 3.90. The number of hydrogen-bond acceptors (Lipinski definition) is 2. The van der Waals surface area contributed by atoms with Crippen molar-refractivity contribution in [2.45, 2.75) is 32.2 Å². The molecule has 18 heavy (non-hydrogen) atoms. The average molecular weight is 250 g/mol. The zero-order valence-corrected chi connectivity index (χ0v) is 11.3. The van der Waals surface area contributed by atoms with Gasteiger partial charge in [0.2, 0.25) is 0 Å². The molecule has 1 aliphatic rings. The van der Waals surface area contributed by atoms with E-state index in [9.17, 15) is 4.39 Å². The number of halogens is 1. The predicted molar refractivity (Wildman–Crippen MR) is 74.5 cm³/mol. The summed E-state index contributed by atoms with van der Waals surface area (Å²) < 4.78 is 13.8. The standard InChI is InChI=1S/C15H23FN2/c1-3-18(15-10-5-4-8-13(15)16)11-12-7-6-9-14(12)17-2/h4-5,8,10,12,14,17H,3,6-7,9,11H2,1-2H3. The Labute approximate surface area is 109 Å². The van der Waals surface area contributed by atoms with E-state index in [1.807, 2.05) is 19.2 Å². The van der Waals surface area contributed by atoms with Gasteiger partial charge in [-0.1, -0.05) is 18.6 Å². The molecule has 0 spiro atoms. The Morgan fingerprint density at radius 3 is 2.78 bits per heavy atom. The summed E-state index contributed by atoms with van der Waals surface area (Å²) in [5.74, 6) is 0.521. The Hall–Kier alpha value is -1.09. The fourth-order valence-corrected chi connectivity index (χ4v) is 3.02. The largest absolute Gasteiger partial charge is 0.369 e. The van der Waals surface area contributed by atoms with E-state index in [1.165, 1.54) is 19.3 Å². The summed E-state index contributed by atoms with van der Waals surface area (Å²) in [7, 11) is 2.03. The third-order valence-electron chi connectivity index (χ3n) is 4.06. The number of para-hydroxylation sites is 1. The molecule has 1 aromatic carbocycles. The highest BCUT2D eigenvalue weighted by Gasteiger charge is 2.27. The van der Waals surface area contributed by atoms with Gasteiger partial charge in [0.25, 0.3) is 0 Å². The van der Waals surface area contributed by atoms with Gasteiger partial charge in [0.1, 0.15) is 5.82 Å². The second-order valence-corrected chi connectivity index (χ2v) is 5.08. The van der Waals surface area contributed by atoms with Crippen molar-refractivity contribution in [1.82, 2.24) is 5.32 Å². The van der Waals surface area contributed by atoms with E-state index in [4.69, 9.17) is 0 Å². The molecular weight excluding hydrogens is 227 g/mol. The van der Waals surface area contributed by atoms with E-state index in [0.717, 1.165) is 18.8 Å². The van der Waals surface area contributed by atoms with Crippen LogP contribution in [-0.2, 0) is 0 Å². The lowest BCUT2D eigenvalue weighted by molar-refractivity contribution is 0.422. The van der Waals surface area contributed by atoms with E-state index >= 15 is 0 Å². The first kappa shape index (κ1) is 13.3. The molecule has 1 aliphatic carbocycles. The fraction of sp³-hybridized carbons (Fsp3) is 0.600. The van der Waals surface area contributed by atoms with E-state index in [0.29, 0.717) is 12.0 Å². The lowest BCUT2D eigenvalue weighted by Gasteiger charge is -2.29. The van der Waals surface area contributed by atoms with Crippen molar-refractivity contribution in [1.29, 1.82) is 0 Å². The van der Waals surface area contributed by atoms with Crippen LogP contribution in [0.5, 0.6) is 0 Å². The molecule has 0 radical (unpaired) electrons. The second kappa shape index (κ2) is 6.19. The lowest BCUT2D eigenvalue weighted by atomic mass is 10.0. The van der Waals surface area contributed by atoms with Gasteiger partial charge in [0, 0.05) is 19.1 Å². The van der Waals surface area contributed by atoms with Gasteiger partial charge in [-0.3, -0.25) is 0 Å². The average Bonchev–Trinajstić information content (AvgIpc) is 2.84. The second-order valence-electron chi connectivity index (χ2n) is 5.08. The van der Waals surface area contributed by atoms with Crippen molar-refractivity contribution in [2.24, 2.45) is 5.92 Å². The molecule has 2 rings (SSSR count). The molecule has 100 valence electrons. The molecule has 0 heterocycles. The third-order valence-corrected chi connectivity index (χ3v) is 4.06. The number of anilines is 1.